The van der Waals surface area contributed by atoms with Crippen LogP contribution in [0, 0.1) is 0 Å². The molecule has 1 atom stereocenters. The number of rotatable bonds is 2. The molecule has 22 heavy (non-hydrogen) atoms. The highest BCUT2D eigenvalue weighted by atomic mass is 32.2. The molecular formula is C14H17F3N2O2S. The molecule has 2 aliphatic rings. The average Bonchev–Trinajstić information content (AvgIpc) is 2.93. The summed E-state index contributed by atoms with van der Waals surface area (Å²) in [7, 11) is -4.13. The number of sulfonamides is 1. The highest BCUT2D eigenvalue weighted by molar-refractivity contribution is 7.89. The fraction of sp³-hybridized carbons (Fsp3) is 0.571. The smallest absolute Gasteiger partial charge is 0.298 e. The first-order valence-electron chi connectivity index (χ1n) is 7.20. The Hall–Kier alpha value is -1.12. The third kappa shape index (κ3) is 2.75. The molecule has 2 aliphatic heterocycles. The Bertz CT molecular complexity index is 660. The maximum absolute atomic E-state index is 13.1. The molecule has 2 fully saturated rings. The van der Waals surface area contributed by atoms with Gasteiger partial charge in [0.2, 0.25) is 10.0 Å². The Morgan fingerprint density at radius 1 is 1.09 bits per heavy atom. The van der Waals surface area contributed by atoms with Crippen LogP contribution < -0.4 is 0 Å². The zero-order valence-corrected chi connectivity index (χ0v) is 12.7. The van der Waals surface area contributed by atoms with Gasteiger partial charge in [0.15, 0.2) is 0 Å². The molecular weight excluding hydrogens is 317 g/mol. The summed E-state index contributed by atoms with van der Waals surface area (Å²) in [6.45, 7) is 2.04. The van der Waals surface area contributed by atoms with Crippen LogP contribution in [0.1, 0.15) is 18.4 Å². The van der Waals surface area contributed by atoms with E-state index in [4.69, 9.17) is 0 Å². The van der Waals surface area contributed by atoms with Crippen LogP contribution in [0.4, 0.5) is 13.2 Å². The normalized spacial score (nSPS) is 24.4. The number of alkyl halides is 3. The van der Waals surface area contributed by atoms with Gasteiger partial charge in [-0.15, -0.1) is 0 Å². The topological polar surface area (TPSA) is 40.6 Å². The zero-order chi connectivity index (χ0) is 16.0. The third-order valence-corrected chi connectivity index (χ3v) is 6.28. The van der Waals surface area contributed by atoms with Crippen LogP contribution in [0.25, 0.3) is 0 Å². The van der Waals surface area contributed by atoms with Gasteiger partial charge in [-0.2, -0.15) is 17.5 Å². The fourth-order valence-corrected chi connectivity index (χ4v) is 4.93. The summed E-state index contributed by atoms with van der Waals surface area (Å²) < 4.78 is 65.7. The minimum absolute atomic E-state index is 0.126. The second kappa shape index (κ2) is 5.50. The van der Waals surface area contributed by atoms with Crippen LogP contribution in [0.3, 0.4) is 0 Å². The minimum atomic E-state index is -4.68. The van der Waals surface area contributed by atoms with Crippen LogP contribution in [0.15, 0.2) is 29.2 Å². The molecule has 0 amide bonds. The molecule has 0 bridgehead atoms. The molecule has 0 spiro atoms. The maximum atomic E-state index is 13.1. The highest BCUT2D eigenvalue weighted by Gasteiger charge is 2.41. The van der Waals surface area contributed by atoms with Crippen LogP contribution in [0.5, 0.6) is 0 Å². The Kier molecular flexibility index (Phi) is 3.94. The predicted octanol–water partition coefficient (Wildman–Crippen LogP) is 2.17. The Morgan fingerprint density at radius 2 is 1.82 bits per heavy atom. The number of halogens is 3. The van der Waals surface area contributed by atoms with E-state index >= 15 is 0 Å². The largest absolute Gasteiger partial charge is 0.417 e. The summed E-state index contributed by atoms with van der Waals surface area (Å²) in [5, 5.41) is 0. The second-order valence-corrected chi connectivity index (χ2v) is 7.60. The van der Waals surface area contributed by atoms with Crippen molar-refractivity contribution in [2.75, 3.05) is 26.2 Å². The van der Waals surface area contributed by atoms with Crippen molar-refractivity contribution in [3.05, 3.63) is 29.8 Å². The van der Waals surface area contributed by atoms with Crippen molar-refractivity contribution in [1.29, 1.82) is 0 Å². The Morgan fingerprint density at radius 3 is 2.55 bits per heavy atom. The van der Waals surface area contributed by atoms with Crippen molar-refractivity contribution in [1.82, 2.24) is 9.21 Å². The van der Waals surface area contributed by atoms with Gasteiger partial charge in [-0.25, -0.2) is 8.42 Å². The zero-order valence-electron chi connectivity index (χ0n) is 11.9. The molecule has 2 saturated heterocycles. The Balaban J connectivity index is 1.94. The van der Waals surface area contributed by atoms with E-state index in [1.807, 2.05) is 0 Å². The molecule has 0 unspecified atom stereocenters. The van der Waals surface area contributed by atoms with Crippen molar-refractivity contribution in [2.45, 2.75) is 30.0 Å². The summed E-state index contributed by atoms with van der Waals surface area (Å²) in [6, 6.07) is 4.52. The van der Waals surface area contributed by atoms with Crippen molar-refractivity contribution in [2.24, 2.45) is 0 Å². The fourth-order valence-electron chi connectivity index (χ4n) is 3.25. The van der Waals surface area contributed by atoms with Gasteiger partial charge in [0.1, 0.15) is 0 Å². The van der Waals surface area contributed by atoms with Crippen molar-refractivity contribution in [3.63, 3.8) is 0 Å². The predicted molar refractivity (Wildman–Crippen MR) is 74.8 cm³/mol. The van der Waals surface area contributed by atoms with E-state index in [1.54, 1.807) is 0 Å². The lowest BCUT2D eigenvalue weighted by atomic mass is 10.2. The van der Waals surface area contributed by atoms with Crippen LogP contribution in [0.2, 0.25) is 0 Å². The molecule has 8 heteroatoms. The van der Waals surface area contributed by atoms with Gasteiger partial charge >= 0.3 is 6.18 Å². The SMILES string of the molecule is O=S(=O)(c1ccccc1C(F)(F)F)N1CCN2CCC[C@H]2C1. The Labute approximate surface area is 127 Å². The monoisotopic (exact) mass is 334 g/mol. The number of hydrogen-bond acceptors (Lipinski definition) is 3. The lowest BCUT2D eigenvalue weighted by Crippen LogP contribution is -2.52. The molecule has 4 nitrogen and oxygen atoms in total. The molecule has 2 heterocycles. The lowest BCUT2D eigenvalue weighted by Gasteiger charge is -2.36. The van der Waals surface area contributed by atoms with E-state index in [1.165, 1.54) is 16.4 Å². The molecule has 1 aromatic carbocycles. The molecule has 1 aromatic rings. The first-order chi connectivity index (χ1) is 10.3. The molecule has 122 valence electrons. The standard InChI is InChI=1S/C14H17F3N2O2S/c15-14(16,17)12-5-1-2-6-13(12)22(20,21)19-9-8-18-7-3-4-11(18)10-19/h1-2,5-6,11H,3-4,7-10H2/t11-/m0/s1. The molecule has 0 aliphatic carbocycles. The van der Waals surface area contributed by atoms with Crippen LogP contribution >= 0.6 is 0 Å². The maximum Gasteiger partial charge on any atom is 0.417 e. The molecule has 3 rings (SSSR count). The van der Waals surface area contributed by atoms with Gasteiger partial charge in [-0.3, -0.25) is 4.90 Å². The number of benzene rings is 1. The molecule has 0 N–H and O–H groups in total. The van der Waals surface area contributed by atoms with Gasteiger partial charge in [0, 0.05) is 25.7 Å². The number of fused-ring (bicyclic) bond motifs is 1. The van der Waals surface area contributed by atoms with E-state index in [0.717, 1.165) is 31.5 Å². The van der Waals surface area contributed by atoms with E-state index in [2.05, 4.69) is 4.90 Å². The van der Waals surface area contributed by atoms with E-state index < -0.39 is 26.7 Å². The van der Waals surface area contributed by atoms with E-state index in [9.17, 15) is 21.6 Å². The lowest BCUT2D eigenvalue weighted by molar-refractivity contribution is -0.139. The van der Waals surface area contributed by atoms with Gasteiger partial charge < -0.3 is 0 Å². The number of piperazine rings is 1. The first kappa shape index (κ1) is 15.8. The second-order valence-electron chi connectivity index (χ2n) is 5.69. The summed E-state index contributed by atoms with van der Waals surface area (Å²) in [6.07, 6.45) is -2.77. The molecule has 0 radical (unpaired) electrons. The van der Waals surface area contributed by atoms with Crippen LogP contribution in [-0.4, -0.2) is 49.8 Å². The minimum Gasteiger partial charge on any atom is -0.298 e. The number of nitrogens with zero attached hydrogens (tertiary/aromatic N) is 2. The van der Waals surface area contributed by atoms with Gasteiger partial charge in [0.05, 0.1) is 10.5 Å². The molecule has 0 saturated carbocycles. The van der Waals surface area contributed by atoms with Gasteiger partial charge in [-0.05, 0) is 31.5 Å². The third-order valence-electron chi connectivity index (χ3n) is 4.36. The van der Waals surface area contributed by atoms with E-state index in [-0.39, 0.29) is 19.1 Å². The van der Waals surface area contributed by atoms with E-state index in [0.29, 0.717) is 6.54 Å². The summed E-state index contributed by atoms with van der Waals surface area (Å²) in [5.41, 5.74) is -1.09. The van der Waals surface area contributed by atoms with Crippen molar-refractivity contribution >= 4 is 10.0 Å². The summed E-state index contributed by atoms with van der Waals surface area (Å²) in [4.78, 5) is 1.57. The van der Waals surface area contributed by atoms with Crippen molar-refractivity contribution in [3.8, 4) is 0 Å². The summed E-state index contributed by atoms with van der Waals surface area (Å²) >= 11 is 0. The first-order valence-corrected chi connectivity index (χ1v) is 8.64. The van der Waals surface area contributed by atoms with Crippen molar-refractivity contribution < 1.29 is 21.6 Å². The van der Waals surface area contributed by atoms with Gasteiger partial charge in [-0.1, -0.05) is 12.1 Å². The highest BCUT2D eigenvalue weighted by Crippen LogP contribution is 2.36. The number of hydrogen-bond donors (Lipinski definition) is 0. The average molecular weight is 334 g/mol. The summed E-state index contributed by atoms with van der Waals surface area (Å²) in [5.74, 6) is 0. The van der Waals surface area contributed by atoms with Gasteiger partial charge in [0.25, 0.3) is 0 Å². The van der Waals surface area contributed by atoms with Crippen LogP contribution in [-0.2, 0) is 16.2 Å². The molecule has 0 aromatic heterocycles. The quantitative estimate of drug-likeness (QED) is 0.832.